The normalized spacial score (nSPS) is 11.0. The molecule has 0 atom stereocenters. The minimum Gasteiger partial charge on any atom is -0.493 e. The number of methoxy groups -OCH3 is 3. The summed E-state index contributed by atoms with van der Waals surface area (Å²) < 4.78 is 31.2. The first kappa shape index (κ1) is 28.6. The van der Waals surface area contributed by atoms with E-state index in [1.54, 1.807) is 43.3 Å². The van der Waals surface area contributed by atoms with E-state index in [1.807, 2.05) is 30.3 Å². The van der Waals surface area contributed by atoms with E-state index in [4.69, 9.17) is 19.9 Å². The summed E-state index contributed by atoms with van der Waals surface area (Å²) in [4.78, 5) is 29.9. The molecule has 10 heteroatoms. The second-order valence-corrected chi connectivity index (χ2v) is 8.87. The summed E-state index contributed by atoms with van der Waals surface area (Å²) in [5, 5.41) is 2.54. The zero-order valence-electron chi connectivity index (χ0n) is 23.0. The van der Waals surface area contributed by atoms with Crippen molar-refractivity contribution in [2.75, 3.05) is 26.5 Å². The van der Waals surface area contributed by atoms with Gasteiger partial charge < -0.3 is 19.9 Å². The lowest BCUT2D eigenvalue weighted by Gasteiger charge is -2.16. The minimum atomic E-state index is -0.836. The van der Waals surface area contributed by atoms with Crippen LogP contribution in [-0.2, 0) is 0 Å². The molecule has 0 aliphatic rings. The fourth-order valence-corrected chi connectivity index (χ4v) is 4.11. The lowest BCUT2D eigenvalue weighted by atomic mass is 10.0. The molecule has 0 saturated carbocycles. The minimum absolute atomic E-state index is 0.00728. The van der Waals surface area contributed by atoms with Crippen LogP contribution in [0.2, 0.25) is 0 Å². The van der Waals surface area contributed by atoms with Gasteiger partial charge in [0.05, 0.1) is 32.7 Å². The number of guanidine groups is 1. The van der Waals surface area contributed by atoms with Gasteiger partial charge in [-0.05, 0) is 60.0 Å². The van der Waals surface area contributed by atoms with Crippen LogP contribution in [0, 0.1) is 6.92 Å². The third kappa shape index (κ3) is 6.44. The highest BCUT2D eigenvalue weighted by Gasteiger charge is 2.21. The van der Waals surface area contributed by atoms with Gasteiger partial charge in [-0.3, -0.25) is 14.9 Å². The number of aliphatic imine (C=N–C) groups is 1. The van der Waals surface area contributed by atoms with Gasteiger partial charge in [0, 0.05) is 11.1 Å². The number of nitrogens with one attached hydrogen (secondary N) is 1. The summed E-state index contributed by atoms with van der Waals surface area (Å²) >= 11 is 0. The molecule has 0 heterocycles. The van der Waals surface area contributed by atoms with E-state index in [0.717, 1.165) is 11.1 Å². The van der Waals surface area contributed by atoms with Crippen molar-refractivity contribution in [1.82, 2.24) is 5.32 Å². The Kier molecular flexibility index (Phi) is 8.83. The fraction of sp³-hybridized carbons (Fsp3) is 0.129. The molecule has 0 aliphatic carbocycles. The number of halogens is 1. The van der Waals surface area contributed by atoms with Gasteiger partial charge >= 0.3 is 0 Å². The highest BCUT2D eigenvalue weighted by Crippen LogP contribution is 2.38. The number of hydrogen-bond acceptors (Lipinski definition) is 6. The molecule has 0 aliphatic heterocycles. The van der Waals surface area contributed by atoms with Crippen LogP contribution in [0.4, 0.5) is 15.9 Å². The fourth-order valence-electron chi connectivity index (χ4n) is 4.11. The average molecular weight is 557 g/mol. The molecule has 2 amide bonds. The first-order valence-corrected chi connectivity index (χ1v) is 12.5. The third-order valence-corrected chi connectivity index (χ3v) is 6.24. The largest absolute Gasteiger partial charge is 0.493 e. The molecule has 41 heavy (non-hydrogen) atoms. The number of nitrogens with two attached hydrogens (primary N) is 1. The zero-order chi connectivity index (χ0) is 29.5. The SMILES string of the molecule is COc1cc(C(=O)NC(N)=Nc2ccc(C)c(N(F)C(=O)c3ccc(-c4ccccc4)cc3)c2)cc(OC)c1OC. The number of carbonyl (C=O) groups excluding carboxylic acids is 2. The second kappa shape index (κ2) is 12.6. The molecule has 210 valence electrons. The number of carbonyl (C=O) groups is 2. The van der Waals surface area contributed by atoms with Gasteiger partial charge in [0.25, 0.3) is 11.8 Å². The summed E-state index contributed by atoms with van der Waals surface area (Å²) in [6.07, 6.45) is 0. The van der Waals surface area contributed by atoms with Gasteiger partial charge in [-0.1, -0.05) is 53.0 Å². The number of ether oxygens (including phenoxy) is 3. The molecular formula is C31H29FN4O5. The average Bonchev–Trinajstić information content (AvgIpc) is 3.00. The van der Waals surface area contributed by atoms with Crippen molar-refractivity contribution in [2.45, 2.75) is 6.92 Å². The van der Waals surface area contributed by atoms with E-state index in [2.05, 4.69) is 10.3 Å². The van der Waals surface area contributed by atoms with Gasteiger partial charge in [0.15, 0.2) is 11.5 Å². The van der Waals surface area contributed by atoms with Crippen molar-refractivity contribution in [3.05, 3.63) is 102 Å². The van der Waals surface area contributed by atoms with E-state index in [1.165, 1.54) is 39.5 Å². The molecule has 4 aromatic carbocycles. The van der Waals surface area contributed by atoms with Crippen LogP contribution in [0.3, 0.4) is 0 Å². The molecule has 0 unspecified atom stereocenters. The Morgan fingerprint density at radius 3 is 2.00 bits per heavy atom. The predicted octanol–water partition coefficient (Wildman–Crippen LogP) is 5.60. The number of anilines is 1. The van der Waals surface area contributed by atoms with Crippen molar-refractivity contribution in [3.8, 4) is 28.4 Å². The molecule has 3 N–H and O–H groups in total. The number of hydrogen-bond donors (Lipinski definition) is 2. The van der Waals surface area contributed by atoms with Gasteiger partial charge in [-0.25, -0.2) is 4.99 Å². The number of amides is 2. The lowest BCUT2D eigenvalue weighted by Crippen LogP contribution is -2.36. The second-order valence-electron chi connectivity index (χ2n) is 8.87. The quantitative estimate of drug-likeness (QED) is 0.166. The Labute approximate surface area is 236 Å². The van der Waals surface area contributed by atoms with Crippen molar-refractivity contribution < 1.29 is 28.3 Å². The zero-order valence-corrected chi connectivity index (χ0v) is 23.0. The summed E-state index contributed by atoms with van der Waals surface area (Å²) in [6, 6.07) is 23.8. The van der Waals surface area contributed by atoms with Crippen LogP contribution in [0.5, 0.6) is 17.2 Å². The predicted molar refractivity (Wildman–Crippen MR) is 156 cm³/mol. The summed E-state index contributed by atoms with van der Waals surface area (Å²) in [5.74, 6) is -0.752. The molecular weight excluding hydrogens is 527 g/mol. The molecule has 4 rings (SSSR count). The standard InChI is InChI=1S/C31H29FN4O5/c1-19-10-15-24(34-31(33)35-29(37)23-16-26(39-2)28(41-4)27(17-23)40-3)18-25(19)36(32)30(38)22-13-11-21(12-14-22)20-8-6-5-7-9-20/h5-18H,1-4H3,(H3,33,34,35,37). The van der Waals surface area contributed by atoms with Gasteiger partial charge in [-0.15, -0.1) is 5.12 Å². The first-order valence-electron chi connectivity index (χ1n) is 12.5. The lowest BCUT2D eigenvalue weighted by molar-refractivity contribution is 0.0930. The van der Waals surface area contributed by atoms with Crippen LogP contribution in [0.1, 0.15) is 26.3 Å². The monoisotopic (exact) mass is 556 g/mol. The molecule has 0 spiro atoms. The van der Waals surface area contributed by atoms with E-state index in [-0.39, 0.29) is 45.1 Å². The van der Waals surface area contributed by atoms with Gasteiger partial charge in [-0.2, -0.15) is 0 Å². The molecule has 0 fully saturated rings. The Morgan fingerprint density at radius 1 is 0.805 bits per heavy atom. The van der Waals surface area contributed by atoms with Crippen molar-refractivity contribution in [1.29, 1.82) is 0 Å². The van der Waals surface area contributed by atoms with Crippen molar-refractivity contribution >= 4 is 29.1 Å². The summed E-state index contributed by atoms with van der Waals surface area (Å²) in [6.45, 7) is 1.66. The Bertz CT molecular complexity index is 1570. The maximum Gasteiger partial charge on any atom is 0.286 e. The summed E-state index contributed by atoms with van der Waals surface area (Å²) in [7, 11) is 4.32. The highest BCUT2D eigenvalue weighted by molar-refractivity contribution is 6.07. The number of nitrogens with zero attached hydrogens (tertiary/aromatic N) is 2. The molecule has 0 bridgehead atoms. The van der Waals surface area contributed by atoms with Crippen molar-refractivity contribution in [3.63, 3.8) is 0 Å². The van der Waals surface area contributed by atoms with Crippen molar-refractivity contribution in [2.24, 2.45) is 10.7 Å². The van der Waals surface area contributed by atoms with Gasteiger partial charge in [0.1, 0.15) is 0 Å². The topological polar surface area (TPSA) is 115 Å². The maximum absolute atomic E-state index is 15.4. The highest BCUT2D eigenvalue weighted by atomic mass is 19.2. The van der Waals surface area contributed by atoms with Crippen LogP contribution >= 0.6 is 0 Å². The smallest absolute Gasteiger partial charge is 0.286 e. The molecule has 0 radical (unpaired) electrons. The summed E-state index contributed by atoms with van der Waals surface area (Å²) in [5.41, 5.74) is 8.95. The molecule has 0 saturated heterocycles. The Hall–Kier alpha value is -5.38. The molecule has 4 aromatic rings. The van der Waals surface area contributed by atoms with E-state index in [0.29, 0.717) is 11.3 Å². The van der Waals surface area contributed by atoms with Crippen LogP contribution in [0.15, 0.2) is 89.9 Å². The Balaban J connectivity index is 1.52. The number of rotatable bonds is 8. The van der Waals surface area contributed by atoms with Crippen LogP contribution in [-0.4, -0.2) is 39.1 Å². The van der Waals surface area contributed by atoms with Gasteiger partial charge in [0.2, 0.25) is 11.7 Å². The Morgan fingerprint density at radius 2 is 1.41 bits per heavy atom. The third-order valence-electron chi connectivity index (χ3n) is 6.24. The molecule has 0 aromatic heterocycles. The van der Waals surface area contributed by atoms with Crippen LogP contribution in [0.25, 0.3) is 11.1 Å². The van der Waals surface area contributed by atoms with E-state index in [9.17, 15) is 9.59 Å². The number of benzene rings is 4. The van der Waals surface area contributed by atoms with E-state index >= 15 is 4.48 Å². The first-order chi connectivity index (χ1) is 19.7. The number of aryl methyl sites for hydroxylation is 1. The van der Waals surface area contributed by atoms with E-state index < -0.39 is 11.8 Å². The van der Waals surface area contributed by atoms with Crippen LogP contribution < -0.4 is 30.4 Å². The molecule has 9 nitrogen and oxygen atoms in total. The maximum atomic E-state index is 15.4.